The van der Waals surface area contributed by atoms with Gasteiger partial charge in [-0.15, -0.1) is 0 Å². The lowest BCUT2D eigenvalue weighted by Gasteiger charge is -2.17. The fourth-order valence-corrected chi connectivity index (χ4v) is 1.39. The summed E-state index contributed by atoms with van der Waals surface area (Å²) in [6.07, 6.45) is 0. The maximum atomic E-state index is 11.6. The van der Waals surface area contributed by atoms with Gasteiger partial charge in [-0.25, -0.2) is 0 Å². The molecule has 0 spiro atoms. The number of carbonyl (C=O) groups is 1. The normalized spacial score (nSPS) is 11.3. The first-order chi connectivity index (χ1) is 7.88. The van der Waals surface area contributed by atoms with Crippen molar-refractivity contribution >= 4 is 11.6 Å². The van der Waals surface area contributed by atoms with Crippen LogP contribution in [0, 0.1) is 6.92 Å². The number of nitrogens with one attached hydrogen (secondary N) is 2. The molecule has 0 atom stereocenters. The number of carbonyl (C=O) groups excluding carboxylic acids is 1. The summed E-state index contributed by atoms with van der Waals surface area (Å²) in [5.41, 5.74) is 1.05. The molecule has 3 N–H and O–H groups in total. The Bertz CT molecular complexity index is 383. The molecule has 0 aliphatic rings. The van der Waals surface area contributed by atoms with Gasteiger partial charge in [0, 0.05) is 12.2 Å². The van der Waals surface area contributed by atoms with Crippen molar-refractivity contribution in [3.05, 3.63) is 29.8 Å². The highest BCUT2D eigenvalue weighted by molar-refractivity contribution is 5.92. The SMILES string of the molecule is Cc1ccccc1NC(=O)CNCC(C)(C)O. The van der Waals surface area contributed by atoms with E-state index in [4.69, 9.17) is 0 Å². The summed E-state index contributed by atoms with van der Waals surface area (Å²) < 4.78 is 0. The van der Waals surface area contributed by atoms with E-state index in [1.165, 1.54) is 0 Å². The first-order valence-corrected chi connectivity index (χ1v) is 5.67. The Kier molecular flexibility index (Phi) is 4.66. The molecular weight excluding hydrogens is 216 g/mol. The van der Waals surface area contributed by atoms with E-state index in [1.54, 1.807) is 13.8 Å². The van der Waals surface area contributed by atoms with Gasteiger partial charge < -0.3 is 15.7 Å². The summed E-state index contributed by atoms with van der Waals surface area (Å²) in [7, 11) is 0. The molecule has 0 saturated carbocycles. The first kappa shape index (κ1) is 13.7. The Morgan fingerprint density at radius 2 is 2.00 bits per heavy atom. The second-order valence-electron chi connectivity index (χ2n) is 4.78. The minimum absolute atomic E-state index is 0.108. The summed E-state index contributed by atoms with van der Waals surface area (Å²) in [6, 6.07) is 7.62. The minimum atomic E-state index is -0.803. The number of aliphatic hydroxyl groups is 1. The van der Waals surface area contributed by atoms with Crippen molar-refractivity contribution in [1.82, 2.24) is 5.32 Å². The average molecular weight is 236 g/mol. The van der Waals surface area contributed by atoms with Crippen molar-refractivity contribution < 1.29 is 9.90 Å². The molecule has 1 aromatic rings. The van der Waals surface area contributed by atoms with Gasteiger partial charge in [0.25, 0.3) is 0 Å². The molecule has 0 fully saturated rings. The number of rotatable bonds is 5. The van der Waals surface area contributed by atoms with Gasteiger partial charge >= 0.3 is 0 Å². The van der Waals surface area contributed by atoms with Crippen molar-refractivity contribution in [2.75, 3.05) is 18.4 Å². The summed E-state index contributed by atoms with van der Waals surface area (Å²) in [5.74, 6) is -0.108. The summed E-state index contributed by atoms with van der Waals surface area (Å²) in [6.45, 7) is 5.91. The molecule has 17 heavy (non-hydrogen) atoms. The third-order valence-electron chi connectivity index (χ3n) is 2.26. The Morgan fingerprint density at radius 3 is 2.59 bits per heavy atom. The standard InChI is InChI=1S/C13H20N2O2/c1-10-6-4-5-7-11(10)15-12(16)8-14-9-13(2,3)17/h4-7,14,17H,8-9H2,1-3H3,(H,15,16). The highest BCUT2D eigenvalue weighted by atomic mass is 16.3. The van der Waals surface area contributed by atoms with Crippen LogP contribution in [0.4, 0.5) is 5.69 Å². The minimum Gasteiger partial charge on any atom is -0.389 e. The molecule has 4 heteroatoms. The maximum Gasteiger partial charge on any atom is 0.238 e. The molecule has 1 amide bonds. The molecule has 0 radical (unpaired) electrons. The van der Waals surface area contributed by atoms with E-state index in [0.29, 0.717) is 6.54 Å². The van der Waals surface area contributed by atoms with Crippen LogP contribution in [0.15, 0.2) is 24.3 Å². The molecule has 4 nitrogen and oxygen atoms in total. The molecule has 1 rings (SSSR count). The number of benzene rings is 1. The van der Waals surface area contributed by atoms with E-state index in [9.17, 15) is 9.90 Å². The van der Waals surface area contributed by atoms with Crippen molar-refractivity contribution in [2.24, 2.45) is 0 Å². The number of para-hydroxylation sites is 1. The van der Waals surface area contributed by atoms with E-state index in [-0.39, 0.29) is 12.5 Å². The van der Waals surface area contributed by atoms with Crippen LogP contribution < -0.4 is 10.6 Å². The second kappa shape index (κ2) is 5.80. The third-order valence-corrected chi connectivity index (χ3v) is 2.26. The van der Waals surface area contributed by atoms with E-state index < -0.39 is 5.60 Å². The fourth-order valence-electron chi connectivity index (χ4n) is 1.39. The molecule has 0 heterocycles. The number of hydrogen-bond donors (Lipinski definition) is 3. The van der Waals surface area contributed by atoms with Gasteiger partial charge in [-0.05, 0) is 32.4 Å². The van der Waals surface area contributed by atoms with Gasteiger partial charge in [-0.1, -0.05) is 18.2 Å². The van der Waals surface area contributed by atoms with Crippen molar-refractivity contribution in [3.8, 4) is 0 Å². The van der Waals surface area contributed by atoms with Gasteiger partial charge in [-0.3, -0.25) is 4.79 Å². The Balaban J connectivity index is 2.38. The van der Waals surface area contributed by atoms with Crippen LogP contribution in [-0.4, -0.2) is 29.7 Å². The first-order valence-electron chi connectivity index (χ1n) is 5.67. The topological polar surface area (TPSA) is 61.4 Å². The van der Waals surface area contributed by atoms with Crippen LogP contribution in [0.5, 0.6) is 0 Å². The molecule has 0 unspecified atom stereocenters. The van der Waals surface area contributed by atoms with E-state index in [2.05, 4.69) is 10.6 Å². The predicted molar refractivity (Wildman–Crippen MR) is 69.0 cm³/mol. The Morgan fingerprint density at radius 1 is 1.35 bits per heavy atom. The van der Waals surface area contributed by atoms with Gasteiger partial charge in [0.15, 0.2) is 0 Å². The number of aryl methyl sites for hydroxylation is 1. The average Bonchev–Trinajstić information content (AvgIpc) is 2.19. The summed E-state index contributed by atoms with van der Waals surface area (Å²) >= 11 is 0. The fraction of sp³-hybridized carbons (Fsp3) is 0.462. The number of hydrogen-bond acceptors (Lipinski definition) is 3. The van der Waals surface area contributed by atoms with Crippen LogP contribution in [0.2, 0.25) is 0 Å². The zero-order chi connectivity index (χ0) is 12.9. The molecule has 1 aromatic carbocycles. The molecule has 0 aliphatic carbocycles. The molecular formula is C13H20N2O2. The second-order valence-corrected chi connectivity index (χ2v) is 4.78. The Labute approximate surface area is 102 Å². The number of amides is 1. The monoisotopic (exact) mass is 236 g/mol. The lowest BCUT2D eigenvalue weighted by molar-refractivity contribution is -0.115. The van der Waals surface area contributed by atoms with Crippen LogP contribution in [0.1, 0.15) is 19.4 Å². The van der Waals surface area contributed by atoms with E-state index in [0.717, 1.165) is 11.3 Å². The summed E-state index contributed by atoms with van der Waals surface area (Å²) in [4.78, 5) is 11.6. The molecule has 0 bridgehead atoms. The zero-order valence-electron chi connectivity index (χ0n) is 10.6. The quantitative estimate of drug-likeness (QED) is 0.722. The molecule has 0 aliphatic heterocycles. The lowest BCUT2D eigenvalue weighted by atomic mass is 10.1. The van der Waals surface area contributed by atoms with Crippen LogP contribution in [0.25, 0.3) is 0 Å². The van der Waals surface area contributed by atoms with Gasteiger partial charge in [0.1, 0.15) is 0 Å². The highest BCUT2D eigenvalue weighted by Crippen LogP contribution is 2.12. The van der Waals surface area contributed by atoms with Gasteiger partial charge in [0.2, 0.25) is 5.91 Å². The summed E-state index contributed by atoms with van der Waals surface area (Å²) in [5, 5.41) is 15.2. The van der Waals surface area contributed by atoms with Crippen LogP contribution in [-0.2, 0) is 4.79 Å². The maximum absolute atomic E-state index is 11.6. The lowest BCUT2D eigenvalue weighted by Crippen LogP contribution is -2.38. The van der Waals surface area contributed by atoms with Crippen LogP contribution in [0.3, 0.4) is 0 Å². The predicted octanol–water partition coefficient (Wildman–Crippen LogP) is 1.29. The van der Waals surface area contributed by atoms with Crippen molar-refractivity contribution in [3.63, 3.8) is 0 Å². The van der Waals surface area contributed by atoms with Gasteiger partial charge in [0.05, 0.1) is 12.1 Å². The van der Waals surface area contributed by atoms with Crippen molar-refractivity contribution in [2.45, 2.75) is 26.4 Å². The van der Waals surface area contributed by atoms with E-state index in [1.807, 2.05) is 31.2 Å². The zero-order valence-corrected chi connectivity index (χ0v) is 10.6. The largest absolute Gasteiger partial charge is 0.389 e. The highest BCUT2D eigenvalue weighted by Gasteiger charge is 2.12. The number of anilines is 1. The third kappa shape index (κ3) is 5.47. The van der Waals surface area contributed by atoms with Crippen molar-refractivity contribution in [1.29, 1.82) is 0 Å². The van der Waals surface area contributed by atoms with Gasteiger partial charge in [-0.2, -0.15) is 0 Å². The Hall–Kier alpha value is -1.39. The molecule has 0 saturated heterocycles. The smallest absolute Gasteiger partial charge is 0.238 e. The molecule has 94 valence electrons. The molecule has 0 aromatic heterocycles. The van der Waals surface area contributed by atoms with E-state index >= 15 is 0 Å². The van der Waals surface area contributed by atoms with Crippen LogP contribution >= 0.6 is 0 Å².